The summed E-state index contributed by atoms with van der Waals surface area (Å²) in [6.07, 6.45) is 5.91. The Bertz CT molecular complexity index is 1310. The van der Waals surface area contributed by atoms with Gasteiger partial charge in [-0.2, -0.15) is 0 Å². The number of dihydropyridines is 1. The molecule has 0 spiro atoms. The van der Waals surface area contributed by atoms with Gasteiger partial charge in [0.2, 0.25) is 6.23 Å². The van der Waals surface area contributed by atoms with E-state index in [1.165, 1.54) is 5.57 Å². The van der Waals surface area contributed by atoms with E-state index < -0.39 is 0 Å². The molecule has 2 unspecified atom stereocenters. The number of H-pyrrole nitrogens is 1. The Kier molecular flexibility index (Phi) is 5.26. The van der Waals surface area contributed by atoms with Crippen molar-refractivity contribution in [2.75, 3.05) is 64.1 Å². The Morgan fingerprint density at radius 1 is 0.971 bits per heavy atom. The average molecular weight is 473 g/mol. The maximum absolute atomic E-state index is 6.41. The second-order valence-electron chi connectivity index (χ2n) is 9.37. The summed E-state index contributed by atoms with van der Waals surface area (Å²) in [4.78, 5) is 22.9. The fourth-order valence-corrected chi connectivity index (χ4v) is 5.35. The average Bonchev–Trinajstić information content (AvgIpc) is 3.54. The van der Waals surface area contributed by atoms with Crippen molar-refractivity contribution < 1.29 is 14.2 Å². The summed E-state index contributed by atoms with van der Waals surface area (Å²) in [7, 11) is 0. The zero-order valence-corrected chi connectivity index (χ0v) is 19.5. The van der Waals surface area contributed by atoms with Crippen LogP contribution in [0.15, 0.2) is 47.1 Å². The first-order chi connectivity index (χ1) is 17.3. The van der Waals surface area contributed by atoms with Crippen molar-refractivity contribution in [3.63, 3.8) is 0 Å². The number of morpholine rings is 2. The van der Waals surface area contributed by atoms with Crippen LogP contribution in [0.2, 0.25) is 0 Å². The van der Waals surface area contributed by atoms with E-state index in [2.05, 4.69) is 39.1 Å². The van der Waals surface area contributed by atoms with Crippen LogP contribution in [0.1, 0.15) is 11.6 Å². The van der Waals surface area contributed by atoms with Crippen LogP contribution in [0.5, 0.6) is 5.75 Å². The summed E-state index contributed by atoms with van der Waals surface area (Å²) in [5.74, 6) is 2.29. The number of hydrogen-bond acceptors (Lipinski definition) is 8. The van der Waals surface area contributed by atoms with Crippen LogP contribution < -0.4 is 9.64 Å². The molecule has 180 valence electrons. The SMILES string of the molecule is C1=NC2Oc3c(nc(-c4cccc5[nH]ccc45)nc3N3CCOCC3)C2C=C1CN1CCOCC1. The largest absolute Gasteiger partial charge is 0.462 e. The van der Waals surface area contributed by atoms with E-state index in [0.717, 1.165) is 85.5 Å². The van der Waals surface area contributed by atoms with Gasteiger partial charge in [0.25, 0.3) is 0 Å². The van der Waals surface area contributed by atoms with Gasteiger partial charge in [0.05, 0.1) is 32.3 Å². The van der Waals surface area contributed by atoms with Crippen molar-refractivity contribution in [3.8, 4) is 17.1 Å². The number of hydrogen-bond donors (Lipinski definition) is 1. The van der Waals surface area contributed by atoms with Crippen molar-refractivity contribution in [1.29, 1.82) is 0 Å². The van der Waals surface area contributed by atoms with Crippen LogP contribution in [0.3, 0.4) is 0 Å². The lowest BCUT2D eigenvalue weighted by molar-refractivity contribution is 0.0427. The number of ether oxygens (including phenoxy) is 3. The predicted octanol–water partition coefficient (Wildman–Crippen LogP) is 2.61. The number of aromatic amines is 1. The van der Waals surface area contributed by atoms with Crippen LogP contribution >= 0.6 is 0 Å². The summed E-state index contributed by atoms with van der Waals surface area (Å²) in [6, 6.07) is 8.29. The quantitative estimate of drug-likeness (QED) is 0.625. The van der Waals surface area contributed by atoms with E-state index in [0.29, 0.717) is 13.2 Å². The van der Waals surface area contributed by atoms with E-state index in [4.69, 9.17) is 29.2 Å². The molecular formula is C26H28N6O3. The molecule has 2 fully saturated rings. The molecule has 0 radical (unpaired) electrons. The highest BCUT2D eigenvalue weighted by Gasteiger charge is 2.40. The molecule has 1 N–H and O–H groups in total. The lowest BCUT2D eigenvalue weighted by Gasteiger charge is -2.29. The molecule has 9 heteroatoms. The van der Waals surface area contributed by atoms with E-state index in [-0.39, 0.29) is 12.1 Å². The maximum atomic E-state index is 6.41. The molecule has 2 saturated heterocycles. The van der Waals surface area contributed by atoms with Crippen molar-refractivity contribution in [2.24, 2.45) is 4.99 Å². The second kappa shape index (κ2) is 8.75. The summed E-state index contributed by atoms with van der Waals surface area (Å²) < 4.78 is 17.5. The van der Waals surface area contributed by atoms with Gasteiger partial charge in [-0.3, -0.25) is 4.90 Å². The minimum absolute atomic E-state index is 0.0296. The molecule has 4 aliphatic heterocycles. The predicted molar refractivity (Wildman–Crippen MR) is 133 cm³/mol. The fraction of sp³-hybridized carbons (Fsp3) is 0.423. The highest BCUT2D eigenvalue weighted by molar-refractivity contribution is 5.93. The van der Waals surface area contributed by atoms with Gasteiger partial charge in [0.1, 0.15) is 5.69 Å². The molecule has 4 aliphatic rings. The molecule has 2 atom stereocenters. The molecule has 2 aromatic heterocycles. The van der Waals surface area contributed by atoms with E-state index in [1.54, 1.807) is 0 Å². The molecule has 3 aromatic rings. The topological polar surface area (TPSA) is 88.1 Å². The molecule has 0 amide bonds. The fourth-order valence-electron chi connectivity index (χ4n) is 5.35. The lowest BCUT2D eigenvalue weighted by atomic mass is 9.98. The number of fused-ring (bicyclic) bond motifs is 4. The maximum Gasteiger partial charge on any atom is 0.201 e. The Balaban J connectivity index is 1.31. The van der Waals surface area contributed by atoms with Gasteiger partial charge in [0, 0.05) is 61.6 Å². The number of benzene rings is 1. The third-order valence-electron chi connectivity index (χ3n) is 7.17. The van der Waals surface area contributed by atoms with Gasteiger partial charge in [-0.25, -0.2) is 15.0 Å². The van der Waals surface area contributed by atoms with Crippen LogP contribution in [-0.2, 0) is 9.47 Å². The van der Waals surface area contributed by atoms with Gasteiger partial charge >= 0.3 is 0 Å². The normalized spacial score (nSPS) is 24.2. The number of aromatic nitrogens is 3. The lowest BCUT2D eigenvalue weighted by Crippen LogP contribution is -2.38. The first kappa shape index (κ1) is 21.0. The van der Waals surface area contributed by atoms with Crippen LogP contribution in [0.25, 0.3) is 22.3 Å². The monoisotopic (exact) mass is 472 g/mol. The van der Waals surface area contributed by atoms with Gasteiger partial charge < -0.3 is 24.1 Å². The first-order valence-electron chi connectivity index (χ1n) is 12.4. The first-order valence-corrected chi connectivity index (χ1v) is 12.4. The number of aliphatic imine (C=N–C) groups is 1. The van der Waals surface area contributed by atoms with Crippen molar-refractivity contribution in [2.45, 2.75) is 12.1 Å². The minimum Gasteiger partial charge on any atom is -0.462 e. The van der Waals surface area contributed by atoms with E-state index in [1.807, 2.05) is 18.5 Å². The molecule has 6 heterocycles. The van der Waals surface area contributed by atoms with E-state index >= 15 is 0 Å². The third kappa shape index (κ3) is 3.80. The molecule has 7 rings (SSSR count). The summed E-state index contributed by atoms with van der Waals surface area (Å²) in [6.45, 7) is 7.23. The zero-order valence-electron chi connectivity index (χ0n) is 19.5. The summed E-state index contributed by atoms with van der Waals surface area (Å²) in [5, 5.41) is 1.11. The smallest absolute Gasteiger partial charge is 0.201 e. The summed E-state index contributed by atoms with van der Waals surface area (Å²) in [5.41, 5.74) is 4.21. The molecule has 0 saturated carbocycles. The van der Waals surface area contributed by atoms with Gasteiger partial charge in [-0.05, 0) is 17.7 Å². The van der Waals surface area contributed by atoms with Crippen LogP contribution in [0.4, 0.5) is 5.82 Å². The Morgan fingerprint density at radius 2 is 1.80 bits per heavy atom. The standard InChI is InChI=1S/C26H28N6O3/c1-2-19(18-4-5-27-21(18)3-1)24-29-22-20-14-17(16-31-6-10-33-11-7-31)15-28-26(20)35-23(22)25(30-24)32-8-12-34-13-9-32/h1-5,14-15,20,26-27H,6-13,16H2. The van der Waals surface area contributed by atoms with Crippen LogP contribution in [0, 0.1) is 0 Å². The number of nitrogens with one attached hydrogen (secondary N) is 1. The van der Waals surface area contributed by atoms with E-state index in [9.17, 15) is 0 Å². The second-order valence-corrected chi connectivity index (χ2v) is 9.37. The minimum atomic E-state index is -0.300. The van der Waals surface area contributed by atoms with Gasteiger partial charge in [0.15, 0.2) is 17.4 Å². The molecule has 9 nitrogen and oxygen atoms in total. The molecule has 0 aliphatic carbocycles. The number of rotatable bonds is 4. The Morgan fingerprint density at radius 3 is 2.66 bits per heavy atom. The van der Waals surface area contributed by atoms with Crippen molar-refractivity contribution in [3.05, 3.63) is 47.8 Å². The number of nitrogens with zero attached hydrogens (tertiary/aromatic N) is 5. The summed E-state index contributed by atoms with van der Waals surface area (Å²) >= 11 is 0. The Hall–Kier alpha value is -3.27. The van der Waals surface area contributed by atoms with Gasteiger partial charge in [-0.1, -0.05) is 18.2 Å². The van der Waals surface area contributed by atoms with Gasteiger partial charge in [-0.15, -0.1) is 0 Å². The van der Waals surface area contributed by atoms with Crippen molar-refractivity contribution in [1.82, 2.24) is 19.9 Å². The highest BCUT2D eigenvalue weighted by atomic mass is 16.5. The van der Waals surface area contributed by atoms with Crippen molar-refractivity contribution >= 4 is 22.9 Å². The molecule has 1 aromatic carbocycles. The number of anilines is 1. The Labute approximate surface area is 203 Å². The third-order valence-corrected chi connectivity index (χ3v) is 7.17. The zero-order chi connectivity index (χ0) is 23.2. The molecule has 0 bridgehead atoms. The van der Waals surface area contributed by atoms with Crippen LogP contribution in [-0.4, -0.2) is 91.4 Å². The highest BCUT2D eigenvalue weighted by Crippen LogP contribution is 2.46. The molecular weight excluding hydrogens is 444 g/mol. The molecule has 35 heavy (non-hydrogen) atoms.